The Morgan fingerprint density at radius 2 is 2.06 bits per heavy atom. The Labute approximate surface area is 111 Å². The van der Waals surface area contributed by atoms with Crippen LogP contribution in [0.3, 0.4) is 0 Å². The van der Waals surface area contributed by atoms with E-state index in [0.717, 1.165) is 27.4 Å². The van der Waals surface area contributed by atoms with Crippen LogP contribution >= 0.6 is 31.9 Å². The summed E-state index contributed by atoms with van der Waals surface area (Å²) in [5.74, 6) is -0.332. The summed E-state index contributed by atoms with van der Waals surface area (Å²) in [6.45, 7) is 0. The van der Waals surface area contributed by atoms with Gasteiger partial charge >= 0.3 is 0 Å². The van der Waals surface area contributed by atoms with Gasteiger partial charge in [0.05, 0.1) is 0 Å². The second-order valence-electron chi connectivity index (χ2n) is 3.95. The van der Waals surface area contributed by atoms with E-state index in [1.807, 2.05) is 18.2 Å². The average molecular weight is 348 g/mol. The number of amides is 1. The maximum Gasteiger partial charge on any atom is 0.239 e. The Kier molecular flexibility index (Phi) is 3.66. The fourth-order valence-corrected chi connectivity index (χ4v) is 2.16. The largest absolute Gasteiger partial charge is 0.368 e. The minimum atomic E-state index is -0.392. The lowest BCUT2D eigenvalue weighted by Gasteiger charge is -2.16. The molecule has 1 aliphatic carbocycles. The second kappa shape index (κ2) is 4.85. The van der Waals surface area contributed by atoms with Gasteiger partial charge in [-0.3, -0.25) is 10.1 Å². The molecule has 0 bridgehead atoms. The summed E-state index contributed by atoms with van der Waals surface area (Å²) in [7, 11) is 0. The zero-order valence-electron chi connectivity index (χ0n) is 8.54. The molecule has 0 saturated heterocycles. The fourth-order valence-electron chi connectivity index (χ4n) is 1.52. The first-order valence-corrected chi connectivity index (χ1v) is 6.67. The summed E-state index contributed by atoms with van der Waals surface area (Å²) >= 11 is 6.81. The molecule has 1 atom stereocenters. The number of hydrogen-bond acceptors (Lipinski definition) is 2. The molecule has 1 aromatic carbocycles. The molecule has 0 spiro atoms. The van der Waals surface area contributed by atoms with Crippen LogP contribution in [0.15, 0.2) is 27.1 Å². The highest BCUT2D eigenvalue weighted by Gasteiger charge is 2.28. The first-order chi connectivity index (χ1) is 7.58. The third-order valence-electron chi connectivity index (χ3n) is 2.54. The first kappa shape index (κ1) is 12.1. The molecule has 2 rings (SSSR count). The highest BCUT2D eigenvalue weighted by Crippen LogP contribution is 2.29. The predicted octanol–water partition coefficient (Wildman–Crippen LogP) is 2.49. The standard InChI is InChI=1S/C11H12Br2N2O/c12-8-4-1-6(5-9(8)13)10(11(14)16)15-7-2-3-7/h1,4-5,7,10,15H,2-3H2,(H2,14,16). The lowest BCUT2D eigenvalue weighted by atomic mass is 10.1. The molecule has 86 valence electrons. The van der Waals surface area contributed by atoms with E-state index >= 15 is 0 Å². The molecular weight excluding hydrogens is 336 g/mol. The van der Waals surface area contributed by atoms with E-state index < -0.39 is 6.04 Å². The third-order valence-corrected chi connectivity index (χ3v) is 4.42. The number of hydrogen-bond donors (Lipinski definition) is 2. The zero-order chi connectivity index (χ0) is 11.7. The number of carbonyl (C=O) groups excluding carboxylic acids is 1. The number of primary amides is 1. The monoisotopic (exact) mass is 346 g/mol. The molecule has 3 N–H and O–H groups in total. The van der Waals surface area contributed by atoms with Crippen molar-refractivity contribution in [3.05, 3.63) is 32.7 Å². The Bertz CT molecular complexity index is 418. The molecule has 1 saturated carbocycles. The maximum atomic E-state index is 11.4. The van der Waals surface area contributed by atoms with Gasteiger partial charge in [0, 0.05) is 15.0 Å². The number of benzene rings is 1. The van der Waals surface area contributed by atoms with Gasteiger partial charge < -0.3 is 5.73 Å². The summed E-state index contributed by atoms with van der Waals surface area (Å²) < 4.78 is 1.89. The molecule has 1 fully saturated rings. The highest BCUT2D eigenvalue weighted by molar-refractivity contribution is 9.13. The van der Waals surface area contributed by atoms with Crippen LogP contribution in [0.5, 0.6) is 0 Å². The fraction of sp³-hybridized carbons (Fsp3) is 0.364. The van der Waals surface area contributed by atoms with Crippen molar-refractivity contribution in [2.45, 2.75) is 24.9 Å². The van der Waals surface area contributed by atoms with Crippen LogP contribution in [0.25, 0.3) is 0 Å². The molecule has 0 heterocycles. The van der Waals surface area contributed by atoms with Crippen molar-refractivity contribution in [2.75, 3.05) is 0 Å². The van der Waals surface area contributed by atoms with E-state index in [1.54, 1.807) is 0 Å². The Morgan fingerprint density at radius 3 is 2.56 bits per heavy atom. The van der Waals surface area contributed by atoms with Gasteiger partial charge in [-0.2, -0.15) is 0 Å². The summed E-state index contributed by atoms with van der Waals surface area (Å²) in [6, 6.07) is 5.77. The van der Waals surface area contributed by atoms with Crippen LogP contribution in [0.4, 0.5) is 0 Å². The van der Waals surface area contributed by atoms with E-state index in [-0.39, 0.29) is 5.91 Å². The first-order valence-electron chi connectivity index (χ1n) is 5.08. The molecule has 0 radical (unpaired) electrons. The molecule has 0 aliphatic heterocycles. The van der Waals surface area contributed by atoms with Crippen molar-refractivity contribution >= 4 is 37.8 Å². The van der Waals surface area contributed by atoms with Gasteiger partial charge in [-0.05, 0) is 62.4 Å². The van der Waals surface area contributed by atoms with E-state index in [1.165, 1.54) is 0 Å². The summed E-state index contributed by atoms with van der Waals surface area (Å²) in [6.07, 6.45) is 2.25. The highest BCUT2D eigenvalue weighted by atomic mass is 79.9. The predicted molar refractivity (Wildman–Crippen MR) is 69.9 cm³/mol. The number of rotatable bonds is 4. The Balaban J connectivity index is 2.22. The van der Waals surface area contributed by atoms with Gasteiger partial charge in [-0.25, -0.2) is 0 Å². The Hall–Kier alpha value is -0.390. The molecule has 1 aliphatic rings. The van der Waals surface area contributed by atoms with Crippen LogP contribution < -0.4 is 11.1 Å². The minimum absolute atomic E-state index is 0.332. The van der Waals surface area contributed by atoms with Gasteiger partial charge in [0.15, 0.2) is 0 Å². The van der Waals surface area contributed by atoms with Crippen molar-refractivity contribution in [1.82, 2.24) is 5.32 Å². The lowest BCUT2D eigenvalue weighted by Crippen LogP contribution is -2.34. The van der Waals surface area contributed by atoms with E-state index in [9.17, 15) is 4.79 Å². The SMILES string of the molecule is NC(=O)C(NC1CC1)c1ccc(Br)c(Br)c1. The molecule has 1 unspecified atom stereocenters. The molecule has 0 aromatic heterocycles. The van der Waals surface area contributed by atoms with Crippen LogP contribution in [-0.2, 0) is 4.79 Å². The van der Waals surface area contributed by atoms with Gasteiger partial charge in [0.25, 0.3) is 0 Å². The van der Waals surface area contributed by atoms with Crippen molar-refractivity contribution < 1.29 is 4.79 Å². The molecule has 16 heavy (non-hydrogen) atoms. The number of nitrogens with two attached hydrogens (primary N) is 1. The van der Waals surface area contributed by atoms with E-state index in [0.29, 0.717) is 6.04 Å². The van der Waals surface area contributed by atoms with Crippen molar-refractivity contribution in [3.8, 4) is 0 Å². The topological polar surface area (TPSA) is 55.1 Å². The second-order valence-corrected chi connectivity index (χ2v) is 5.66. The summed E-state index contributed by atoms with van der Waals surface area (Å²) in [4.78, 5) is 11.4. The van der Waals surface area contributed by atoms with Crippen LogP contribution in [-0.4, -0.2) is 11.9 Å². The number of halogens is 2. The average Bonchev–Trinajstić information content (AvgIpc) is 3.02. The molecule has 3 nitrogen and oxygen atoms in total. The quantitative estimate of drug-likeness (QED) is 0.879. The van der Waals surface area contributed by atoms with Crippen molar-refractivity contribution in [1.29, 1.82) is 0 Å². The van der Waals surface area contributed by atoms with Gasteiger partial charge in [0.2, 0.25) is 5.91 Å². The van der Waals surface area contributed by atoms with Crippen LogP contribution in [0, 0.1) is 0 Å². The normalized spacial score (nSPS) is 17.1. The summed E-state index contributed by atoms with van der Waals surface area (Å²) in [5, 5.41) is 3.24. The van der Waals surface area contributed by atoms with Crippen LogP contribution in [0.1, 0.15) is 24.4 Å². The zero-order valence-corrected chi connectivity index (χ0v) is 11.7. The molecule has 5 heteroatoms. The van der Waals surface area contributed by atoms with Gasteiger partial charge in [-0.1, -0.05) is 6.07 Å². The number of nitrogens with one attached hydrogen (secondary N) is 1. The summed E-state index contributed by atoms with van der Waals surface area (Å²) in [5.41, 5.74) is 6.30. The maximum absolute atomic E-state index is 11.4. The smallest absolute Gasteiger partial charge is 0.239 e. The van der Waals surface area contributed by atoms with E-state index in [4.69, 9.17) is 5.73 Å². The van der Waals surface area contributed by atoms with E-state index in [2.05, 4.69) is 37.2 Å². The molecular formula is C11H12Br2N2O. The number of carbonyl (C=O) groups is 1. The van der Waals surface area contributed by atoms with Crippen LogP contribution in [0.2, 0.25) is 0 Å². The lowest BCUT2D eigenvalue weighted by molar-refractivity contribution is -0.120. The molecule has 1 aromatic rings. The van der Waals surface area contributed by atoms with Crippen molar-refractivity contribution in [2.24, 2.45) is 5.73 Å². The van der Waals surface area contributed by atoms with Crippen molar-refractivity contribution in [3.63, 3.8) is 0 Å². The van der Waals surface area contributed by atoms with Gasteiger partial charge in [-0.15, -0.1) is 0 Å². The minimum Gasteiger partial charge on any atom is -0.368 e. The molecule has 1 amide bonds. The van der Waals surface area contributed by atoms with Gasteiger partial charge in [0.1, 0.15) is 6.04 Å². The Morgan fingerprint density at radius 1 is 1.38 bits per heavy atom. The third kappa shape index (κ3) is 2.84.